The fourth-order valence-electron chi connectivity index (χ4n) is 2.33. The first kappa shape index (κ1) is 15.0. The van der Waals surface area contributed by atoms with Gasteiger partial charge in [0.25, 0.3) is 5.91 Å². The molecule has 1 amide bonds. The van der Waals surface area contributed by atoms with E-state index in [0.29, 0.717) is 12.2 Å². The quantitative estimate of drug-likeness (QED) is 0.806. The van der Waals surface area contributed by atoms with Crippen LogP contribution in [0.15, 0.2) is 54.6 Å². The molecular formula is C18H18N4O. The van der Waals surface area contributed by atoms with Gasteiger partial charge < -0.3 is 5.32 Å². The molecule has 2 aromatic carbocycles. The van der Waals surface area contributed by atoms with Gasteiger partial charge in [0.2, 0.25) is 0 Å². The van der Waals surface area contributed by atoms with E-state index < -0.39 is 0 Å². The molecule has 0 saturated heterocycles. The zero-order valence-electron chi connectivity index (χ0n) is 13.2. The zero-order chi connectivity index (χ0) is 16.2. The molecule has 0 atom stereocenters. The van der Waals surface area contributed by atoms with Gasteiger partial charge in [-0.2, -0.15) is 0 Å². The van der Waals surface area contributed by atoms with Crippen LogP contribution in [0.25, 0.3) is 5.69 Å². The second kappa shape index (κ2) is 6.44. The fraction of sp³-hybridized carbons (Fsp3) is 0.167. The number of nitrogens with zero attached hydrogens (tertiary/aromatic N) is 3. The van der Waals surface area contributed by atoms with Gasteiger partial charge in [0, 0.05) is 6.54 Å². The van der Waals surface area contributed by atoms with Crippen molar-refractivity contribution in [2.24, 2.45) is 0 Å². The average Bonchev–Trinajstić information content (AvgIpc) is 2.96. The topological polar surface area (TPSA) is 59.8 Å². The molecular weight excluding hydrogens is 288 g/mol. The van der Waals surface area contributed by atoms with Gasteiger partial charge in [0.1, 0.15) is 0 Å². The van der Waals surface area contributed by atoms with E-state index in [1.54, 1.807) is 4.68 Å². The van der Waals surface area contributed by atoms with E-state index in [1.807, 2.05) is 68.4 Å². The maximum Gasteiger partial charge on any atom is 0.274 e. The summed E-state index contributed by atoms with van der Waals surface area (Å²) in [7, 11) is 0. The van der Waals surface area contributed by atoms with E-state index in [9.17, 15) is 4.79 Å². The third-order valence-electron chi connectivity index (χ3n) is 3.68. The number of aromatic nitrogens is 3. The van der Waals surface area contributed by atoms with Crippen LogP contribution in [0.1, 0.15) is 27.3 Å². The Morgan fingerprint density at radius 1 is 1.04 bits per heavy atom. The fourth-order valence-corrected chi connectivity index (χ4v) is 2.33. The van der Waals surface area contributed by atoms with Crippen molar-refractivity contribution in [2.45, 2.75) is 20.4 Å². The number of carbonyl (C=O) groups excluding carboxylic acids is 1. The molecule has 116 valence electrons. The average molecular weight is 306 g/mol. The van der Waals surface area contributed by atoms with Gasteiger partial charge in [-0.1, -0.05) is 53.2 Å². The number of nitrogens with one attached hydrogen (secondary N) is 1. The molecule has 0 aliphatic heterocycles. The van der Waals surface area contributed by atoms with Gasteiger partial charge >= 0.3 is 0 Å². The molecule has 0 saturated carbocycles. The van der Waals surface area contributed by atoms with Crippen LogP contribution in [-0.4, -0.2) is 20.9 Å². The Bertz CT molecular complexity index is 807. The highest BCUT2D eigenvalue weighted by Crippen LogP contribution is 2.12. The van der Waals surface area contributed by atoms with Crippen LogP contribution in [0.4, 0.5) is 0 Å². The van der Waals surface area contributed by atoms with Crippen LogP contribution in [0.2, 0.25) is 0 Å². The minimum atomic E-state index is -0.217. The molecule has 23 heavy (non-hydrogen) atoms. The number of para-hydroxylation sites is 1. The van der Waals surface area contributed by atoms with Crippen molar-refractivity contribution in [3.63, 3.8) is 0 Å². The smallest absolute Gasteiger partial charge is 0.274 e. The Kier molecular flexibility index (Phi) is 4.19. The maximum absolute atomic E-state index is 12.3. The Morgan fingerprint density at radius 3 is 2.43 bits per heavy atom. The molecule has 5 nitrogen and oxygen atoms in total. The Labute approximate surface area is 135 Å². The molecule has 3 rings (SSSR count). The van der Waals surface area contributed by atoms with E-state index in [2.05, 4.69) is 15.6 Å². The molecule has 3 aromatic rings. The molecule has 1 aromatic heterocycles. The Balaban J connectivity index is 1.73. The van der Waals surface area contributed by atoms with E-state index in [-0.39, 0.29) is 5.91 Å². The summed E-state index contributed by atoms with van der Waals surface area (Å²) < 4.78 is 1.67. The van der Waals surface area contributed by atoms with Gasteiger partial charge in [-0.15, -0.1) is 5.10 Å². The molecule has 0 bridgehead atoms. The van der Waals surface area contributed by atoms with Crippen LogP contribution in [0.5, 0.6) is 0 Å². The third-order valence-corrected chi connectivity index (χ3v) is 3.68. The normalized spacial score (nSPS) is 10.5. The minimum absolute atomic E-state index is 0.217. The van der Waals surface area contributed by atoms with Crippen LogP contribution in [-0.2, 0) is 6.54 Å². The summed E-state index contributed by atoms with van der Waals surface area (Å²) in [6, 6.07) is 17.7. The van der Waals surface area contributed by atoms with Gasteiger partial charge in [0.15, 0.2) is 5.69 Å². The monoisotopic (exact) mass is 306 g/mol. The van der Waals surface area contributed by atoms with Crippen LogP contribution in [0.3, 0.4) is 0 Å². The summed E-state index contributed by atoms with van der Waals surface area (Å²) in [6.07, 6.45) is 0. The van der Waals surface area contributed by atoms with Crippen molar-refractivity contribution >= 4 is 5.91 Å². The number of rotatable bonds is 4. The number of hydrogen-bond donors (Lipinski definition) is 1. The first-order valence-corrected chi connectivity index (χ1v) is 7.46. The van der Waals surface area contributed by atoms with Gasteiger partial charge in [-0.25, -0.2) is 4.68 Å². The SMILES string of the molecule is Cc1ccc(CNC(=O)c2nnn(-c3ccccc3)c2C)cc1. The molecule has 0 radical (unpaired) electrons. The van der Waals surface area contributed by atoms with Crippen molar-refractivity contribution in [1.82, 2.24) is 20.3 Å². The minimum Gasteiger partial charge on any atom is -0.347 e. The Morgan fingerprint density at radius 2 is 1.74 bits per heavy atom. The predicted molar refractivity (Wildman–Crippen MR) is 88.4 cm³/mol. The van der Waals surface area contributed by atoms with Gasteiger partial charge in [-0.05, 0) is 31.5 Å². The number of amides is 1. The lowest BCUT2D eigenvalue weighted by Gasteiger charge is -2.05. The number of benzene rings is 2. The summed E-state index contributed by atoms with van der Waals surface area (Å²) in [5.74, 6) is -0.217. The van der Waals surface area contributed by atoms with Crippen molar-refractivity contribution in [3.8, 4) is 5.69 Å². The standard InChI is InChI=1S/C18H18N4O/c1-13-8-10-15(11-9-13)12-19-18(23)17-14(2)22(21-20-17)16-6-4-3-5-7-16/h3-11H,12H2,1-2H3,(H,19,23). The molecule has 1 N–H and O–H groups in total. The van der Waals surface area contributed by atoms with E-state index >= 15 is 0 Å². The van der Waals surface area contributed by atoms with Crippen LogP contribution >= 0.6 is 0 Å². The summed E-state index contributed by atoms with van der Waals surface area (Å²) in [5.41, 5.74) is 4.20. The first-order chi connectivity index (χ1) is 11.1. The van der Waals surface area contributed by atoms with E-state index in [4.69, 9.17) is 0 Å². The molecule has 0 fully saturated rings. The molecule has 0 aliphatic rings. The number of carbonyl (C=O) groups is 1. The van der Waals surface area contributed by atoms with Crippen molar-refractivity contribution < 1.29 is 4.79 Å². The largest absolute Gasteiger partial charge is 0.347 e. The summed E-state index contributed by atoms with van der Waals surface area (Å²) in [5, 5.41) is 11.0. The summed E-state index contributed by atoms with van der Waals surface area (Å²) in [4.78, 5) is 12.3. The van der Waals surface area contributed by atoms with Crippen molar-refractivity contribution in [1.29, 1.82) is 0 Å². The molecule has 5 heteroatoms. The summed E-state index contributed by atoms with van der Waals surface area (Å²) >= 11 is 0. The highest BCUT2D eigenvalue weighted by molar-refractivity contribution is 5.93. The molecule has 0 spiro atoms. The van der Waals surface area contributed by atoms with Gasteiger partial charge in [0.05, 0.1) is 11.4 Å². The maximum atomic E-state index is 12.3. The summed E-state index contributed by atoms with van der Waals surface area (Å²) in [6.45, 7) is 4.35. The van der Waals surface area contributed by atoms with Crippen LogP contribution < -0.4 is 5.32 Å². The predicted octanol–water partition coefficient (Wildman–Crippen LogP) is 2.81. The van der Waals surface area contributed by atoms with E-state index in [0.717, 1.165) is 16.9 Å². The van der Waals surface area contributed by atoms with E-state index in [1.165, 1.54) is 5.56 Å². The highest BCUT2D eigenvalue weighted by Gasteiger charge is 2.16. The lowest BCUT2D eigenvalue weighted by Crippen LogP contribution is -2.24. The van der Waals surface area contributed by atoms with Crippen molar-refractivity contribution in [2.75, 3.05) is 0 Å². The zero-order valence-corrected chi connectivity index (χ0v) is 13.2. The molecule has 0 aliphatic carbocycles. The first-order valence-electron chi connectivity index (χ1n) is 7.46. The molecule has 1 heterocycles. The highest BCUT2D eigenvalue weighted by atomic mass is 16.2. The third kappa shape index (κ3) is 3.29. The lowest BCUT2D eigenvalue weighted by molar-refractivity contribution is 0.0945. The lowest BCUT2D eigenvalue weighted by atomic mass is 10.1. The molecule has 0 unspecified atom stereocenters. The van der Waals surface area contributed by atoms with Crippen LogP contribution in [0, 0.1) is 13.8 Å². The number of aryl methyl sites for hydroxylation is 1. The Hall–Kier alpha value is -2.95. The van der Waals surface area contributed by atoms with Crippen molar-refractivity contribution in [3.05, 3.63) is 77.1 Å². The van der Waals surface area contributed by atoms with Gasteiger partial charge in [-0.3, -0.25) is 4.79 Å². The second-order valence-electron chi connectivity index (χ2n) is 5.44. The number of hydrogen-bond acceptors (Lipinski definition) is 3. The second-order valence-corrected chi connectivity index (χ2v) is 5.44.